The zero-order chi connectivity index (χ0) is 11.4. The van der Waals surface area contributed by atoms with Crippen LogP contribution < -0.4 is 5.32 Å². The van der Waals surface area contributed by atoms with Crippen LogP contribution in [0.1, 0.15) is 71.6 Å². The molecule has 94 valence electrons. The molecule has 3 unspecified atom stereocenters. The first-order valence-corrected chi connectivity index (χ1v) is 7.55. The Morgan fingerprint density at radius 1 is 1.06 bits per heavy atom. The number of nitrogens with one attached hydrogen (secondary N) is 1. The van der Waals surface area contributed by atoms with Crippen molar-refractivity contribution in [2.24, 2.45) is 11.8 Å². The maximum Gasteiger partial charge on any atom is 0.00952 e. The first-order valence-electron chi connectivity index (χ1n) is 7.55. The van der Waals surface area contributed by atoms with Gasteiger partial charge in [0.1, 0.15) is 0 Å². The van der Waals surface area contributed by atoms with E-state index in [1.165, 1.54) is 57.8 Å². The number of hydrogen-bond acceptors (Lipinski definition) is 1. The van der Waals surface area contributed by atoms with Gasteiger partial charge in [0.15, 0.2) is 0 Å². The highest BCUT2D eigenvalue weighted by atomic mass is 15.0. The minimum absolute atomic E-state index is 0.815. The first-order chi connectivity index (χ1) is 7.79. The lowest BCUT2D eigenvalue weighted by molar-refractivity contribution is 0.244. The largest absolute Gasteiger partial charge is 0.311 e. The molecule has 0 saturated heterocycles. The third-order valence-corrected chi connectivity index (χ3v) is 4.80. The van der Waals surface area contributed by atoms with E-state index in [1.54, 1.807) is 0 Å². The highest BCUT2D eigenvalue weighted by Gasteiger charge is 2.27. The standard InChI is InChI=1S/C15H29N/c1-3-15(13-7-5-4-6-8-13)16-14-10-9-12(2)11-14/h12-16H,3-11H2,1-2H3. The summed E-state index contributed by atoms with van der Waals surface area (Å²) in [5, 5.41) is 3.97. The molecular formula is C15H29N. The third kappa shape index (κ3) is 3.23. The monoisotopic (exact) mass is 223 g/mol. The quantitative estimate of drug-likeness (QED) is 0.756. The Balaban J connectivity index is 1.80. The molecule has 1 heteroatoms. The molecule has 0 aromatic carbocycles. The van der Waals surface area contributed by atoms with Crippen LogP contribution >= 0.6 is 0 Å². The van der Waals surface area contributed by atoms with E-state index in [1.807, 2.05) is 0 Å². The van der Waals surface area contributed by atoms with Crippen molar-refractivity contribution < 1.29 is 0 Å². The molecule has 0 spiro atoms. The van der Waals surface area contributed by atoms with Crippen LogP contribution in [0.2, 0.25) is 0 Å². The Labute approximate surface area is 101 Å². The highest BCUT2D eigenvalue weighted by molar-refractivity contribution is 4.85. The van der Waals surface area contributed by atoms with Crippen molar-refractivity contribution in [1.29, 1.82) is 0 Å². The third-order valence-electron chi connectivity index (χ3n) is 4.80. The molecule has 0 heterocycles. The predicted octanol–water partition coefficient (Wildman–Crippen LogP) is 4.12. The minimum Gasteiger partial charge on any atom is -0.311 e. The van der Waals surface area contributed by atoms with Gasteiger partial charge < -0.3 is 5.32 Å². The van der Waals surface area contributed by atoms with Crippen molar-refractivity contribution in [2.45, 2.75) is 83.7 Å². The second-order valence-electron chi connectivity index (χ2n) is 6.19. The van der Waals surface area contributed by atoms with Gasteiger partial charge in [-0.15, -0.1) is 0 Å². The van der Waals surface area contributed by atoms with Gasteiger partial charge in [0.2, 0.25) is 0 Å². The van der Waals surface area contributed by atoms with E-state index in [0.29, 0.717) is 0 Å². The molecule has 0 radical (unpaired) electrons. The summed E-state index contributed by atoms with van der Waals surface area (Å²) >= 11 is 0. The lowest BCUT2D eigenvalue weighted by Gasteiger charge is -2.32. The fraction of sp³-hybridized carbons (Fsp3) is 1.00. The second kappa shape index (κ2) is 6.05. The van der Waals surface area contributed by atoms with E-state index in [0.717, 1.165) is 23.9 Å². The van der Waals surface area contributed by atoms with Gasteiger partial charge in [-0.25, -0.2) is 0 Å². The van der Waals surface area contributed by atoms with Gasteiger partial charge in [-0.05, 0) is 50.4 Å². The minimum atomic E-state index is 0.815. The molecule has 1 nitrogen and oxygen atoms in total. The van der Waals surface area contributed by atoms with Crippen molar-refractivity contribution >= 4 is 0 Å². The van der Waals surface area contributed by atoms with Gasteiger partial charge in [0, 0.05) is 12.1 Å². The molecule has 16 heavy (non-hydrogen) atoms. The fourth-order valence-corrected chi connectivity index (χ4v) is 3.79. The second-order valence-corrected chi connectivity index (χ2v) is 6.19. The van der Waals surface area contributed by atoms with Crippen LogP contribution in [0.15, 0.2) is 0 Å². The molecule has 0 aromatic heterocycles. The van der Waals surface area contributed by atoms with Gasteiger partial charge >= 0.3 is 0 Å². The molecule has 0 aromatic rings. The Hall–Kier alpha value is -0.0400. The normalized spacial score (nSPS) is 34.1. The van der Waals surface area contributed by atoms with Crippen molar-refractivity contribution in [3.63, 3.8) is 0 Å². The van der Waals surface area contributed by atoms with Gasteiger partial charge in [0.25, 0.3) is 0 Å². The van der Waals surface area contributed by atoms with Gasteiger partial charge in [0.05, 0.1) is 0 Å². The number of hydrogen-bond donors (Lipinski definition) is 1. The molecule has 2 rings (SSSR count). The summed E-state index contributed by atoms with van der Waals surface area (Å²) in [5.41, 5.74) is 0. The molecular weight excluding hydrogens is 194 g/mol. The van der Waals surface area contributed by atoms with E-state index >= 15 is 0 Å². The molecule has 3 atom stereocenters. The van der Waals surface area contributed by atoms with E-state index < -0.39 is 0 Å². The Kier molecular flexibility index (Phi) is 4.69. The Morgan fingerprint density at radius 3 is 2.38 bits per heavy atom. The van der Waals surface area contributed by atoms with Crippen LogP contribution in [0.3, 0.4) is 0 Å². The van der Waals surface area contributed by atoms with Crippen LogP contribution in [0.4, 0.5) is 0 Å². The SMILES string of the molecule is CCC(NC1CCC(C)C1)C1CCCCC1. The highest BCUT2D eigenvalue weighted by Crippen LogP contribution is 2.30. The maximum atomic E-state index is 3.97. The first kappa shape index (κ1) is 12.4. The van der Waals surface area contributed by atoms with Crippen LogP contribution in [-0.4, -0.2) is 12.1 Å². The topological polar surface area (TPSA) is 12.0 Å². The van der Waals surface area contributed by atoms with E-state index in [2.05, 4.69) is 19.2 Å². The summed E-state index contributed by atoms with van der Waals surface area (Å²) in [6, 6.07) is 1.65. The Bertz CT molecular complexity index is 196. The number of rotatable bonds is 4. The van der Waals surface area contributed by atoms with E-state index in [9.17, 15) is 0 Å². The van der Waals surface area contributed by atoms with E-state index in [-0.39, 0.29) is 0 Å². The fourth-order valence-electron chi connectivity index (χ4n) is 3.79. The average Bonchev–Trinajstić information content (AvgIpc) is 2.73. The summed E-state index contributed by atoms with van der Waals surface area (Å²) in [5.74, 6) is 1.94. The molecule has 0 bridgehead atoms. The molecule has 2 fully saturated rings. The van der Waals surface area contributed by atoms with Crippen molar-refractivity contribution in [2.75, 3.05) is 0 Å². The summed E-state index contributed by atoms with van der Waals surface area (Å²) in [6.07, 6.45) is 13.0. The van der Waals surface area contributed by atoms with Gasteiger partial charge in [-0.3, -0.25) is 0 Å². The average molecular weight is 223 g/mol. The maximum absolute atomic E-state index is 3.97. The molecule has 1 N–H and O–H groups in total. The summed E-state index contributed by atoms with van der Waals surface area (Å²) in [7, 11) is 0. The van der Waals surface area contributed by atoms with Gasteiger partial charge in [-0.1, -0.05) is 33.1 Å². The van der Waals surface area contributed by atoms with Crippen LogP contribution in [-0.2, 0) is 0 Å². The molecule has 2 aliphatic rings. The zero-order valence-electron chi connectivity index (χ0n) is 11.2. The van der Waals surface area contributed by atoms with Gasteiger partial charge in [-0.2, -0.15) is 0 Å². The summed E-state index contributed by atoms with van der Waals surface area (Å²) in [6.45, 7) is 4.77. The predicted molar refractivity (Wildman–Crippen MR) is 70.6 cm³/mol. The molecule has 2 aliphatic carbocycles. The lowest BCUT2D eigenvalue weighted by atomic mass is 9.82. The van der Waals surface area contributed by atoms with Crippen LogP contribution in [0.25, 0.3) is 0 Å². The van der Waals surface area contributed by atoms with Crippen molar-refractivity contribution in [3.05, 3.63) is 0 Å². The molecule has 0 amide bonds. The summed E-state index contributed by atoms with van der Waals surface area (Å²) < 4.78 is 0. The Morgan fingerprint density at radius 2 is 1.81 bits per heavy atom. The van der Waals surface area contributed by atoms with Crippen molar-refractivity contribution in [3.8, 4) is 0 Å². The zero-order valence-corrected chi connectivity index (χ0v) is 11.2. The van der Waals surface area contributed by atoms with Crippen molar-refractivity contribution in [1.82, 2.24) is 5.32 Å². The summed E-state index contributed by atoms with van der Waals surface area (Å²) in [4.78, 5) is 0. The molecule has 0 aliphatic heterocycles. The van der Waals surface area contributed by atoms with Crippen LogP contribution in [0, 0.1) is 11.8 Å². The lowest BCUT2D eigenvalue weighted by Crippen LogP contribution is -2.42. The molecule has 2 saturated carbocycles. The smallest absolute Gasteiger partial charge is 0.00952 e. The van der Waals surface area contributed by atoms with E-state index in [4.69, 9.17) is 0 Å². The van der Waals surface area contributed by atoms with Crippen LogP contribution in [0.5, 0.6) is 0 Å².